The van der Waals surface area contributed by atoms with Crippen molar-refractivity contribution in [2.24, 2.45) is 0 Å². The SMILES string of the molecule is CCn1nc(C(C)C)cc1C(=O)N[C@@H](C)c1ccccc1Br. The molecule has 1 aromatic carbocycles. The Balaban J connectivity index is 2.20. The molecule has 0 fully saturated rings. The van der Waals surface area contributed by atoms with Gasteiger partial charge >= 0.3 is 0 Å². The summed E-state index contributed by atoms with van der Waals surface area (Å²) in [5, 5.41) is 7.54. The van der Waals surface area contributed by atoms with Gasteiger partial charge in [0.2, 0.25) is 0 Å². The second kappa shape index (κ2) is 7.09. The molecular formula is C17H22BrN3O. The van der Waals surface area contributed by atoms with Crippen LogP contribution in [0.1, 0.15) is 61.4 Å². The van der Waals surface area contributed by atoms with E-state index in [4.69, 9.17) is 0 Å². The minimum Gasteiger partial charge on any atom is -0.344 e. The van der Waals surface area contributed by atoms with E-state index >= 15 is 0 Å². The quantitative estimate of drug-likeness (QED) is 0.861. The molecule has 0 spiro atoms. The van der Waals surface area contributed by atoms with Crippen LogP contribution in [0.3, 0.4) is 0 Å². The molecular weight excluding hydrogens is 342 g/mol. The lowest BCUT2D eigenvalue weighted by Gasteiger charge is -2.16. The average molecular weight is 364 g/mol. The lowest BCUT2D eigenvalue weighted by atomic mass is 10.1. The van der Waals surface area contributed by atoms with Crippen LogP contribution in [0.15, 0.2) is 34.8 Å². The summed E-state index contributed by atoms with van der Waals surface area (Å²) < 4.78 is 2.76. The van der Waals surface area contributed by atoms with E-state index in [-0.39, 0.29) is 11.9 Å². The first kappa shape index (κ1) is 16.7. The lowest BCUT2D eigenvalue weighted by Crippen LogP contribution is -2.29. The Kier molecular flexibility index (Phi) is 5.40. The van der Waals surface area contributed by atoms with Crippen molar-refractivity contribution in [1.29, 1.82) is 0 Å². The van der Waals surface area contributed by atoms with Gasteiger partial charge in [-0.15, -0.1) is 0 Å². The van der Waals surface area contributed by atoms with Crippen LogP contribution in [0.5, 0.6) is 0 Å². The van der Waals surface area contributed by atoms with Gasteiger partial charge in [0.15, 0.2) is 0 Å². The number of nitrogens with zero attached hydrogens (tertiary/aromatic N) is 2. The van der Waals surface area contributed by atoms with Crippen molar-refractivity contribution in [1.82, 2.24) is 15.1 Å². The molecule has 22 heavy (non-hydrogen) atoms. The molecule has 1 amide bonds. The summed E-state index contributed by atoms with van der Waals surface area (Å²) in [6, 6.07) is 9.72. The van der Waals surface area contributed by atoms with Crippen LogP contribution in [-0.4, -0.2) is 15.7 Å². The number of benzene rings is 1. The fourth-order valence-electron chi connectivity index (χ4n) is 2.32. The highest BCUT2D eigenvalue weighted by molar-refractivity contribution is 9.10. The highest BCUT2D eigenvalue weighted by Crippen LogP contribution is 2.23. The fourth-order valence-corrected chi connectivity index (χ4v) is 2.95. The molecule has 2 aromatic rings. The Labute approximate surface area is 140 Å². The van der Waals surface area contributed by atoms with Crippen molar-refractivity contribution in [2.45, 2.75) is 46.2 Å². The maximum absolute atomic E-state index is 12.6. The predicted molar refractivity (Wildman–Crippen MR) is 92.0 cm³/mol. The van der Waals surface area contributed by atoms with Crippen molar-refractivity contribution in [3.8, 4) is 0 Å². The summed E-state index contributed by atoms with van der Waals surface area (Å²) in [6.45, 7) is 8.80. The van der Waals surface area contributed by atoms with Gasteiger partial charge in [-0.1, -0.05) is 48.0 Å². The van der Waals surface area contributed by atoms with Crippen LogP contribution >= 0.6 is 15.9 Å². The monoisotopic (exact) mass is 363 g/mol. The zero-order valence-corrected chi connectivity index (χ0v) is 15.0. The van der Waals surface area contributed by atoms with Crippen LogP contribution in [0.4, 0.5) is 0 Å². The molecule has 118 valence electrons. The first-order chi connectivity index (χ1) is 10.4. The molecule has 0 saturated heterocycles. The van der Waals surface area contributed by atoms with Crippen LogP contribution in [0.25, 0.3) is 0 Å². The van der Waals surface area contributed by atoms with Gasteiger partial charge in [-0.2, -0.15) is 5.10 Å². The molecule has 0 saturated carbocycles. The highest BCUT2D eigenvalue weighted by atomic mass is 79.9. The highest BCUT2D eigenvalue weighted by Gasteiger charge is 2.19. The van der Waals surface area contributed by atoms with E-state index in [9.17, 15) is 4.79 Å². The number of aryl methyl sites for hydroxylation is 1. The van der Waals surface area contributed by atoms with Crippen molar-refractivity contribution >= 4 is 21.8 Å². The molecule has 1 N–H and O–H groups in total. The number of hydrogen-bond acceptors (Lipinski definition) is 2. The van der Waals surface area contributed by atoms with Crippen LogP contribution in [0, 0.1) is 0 Å². The molecule has 1 aromatic heterocycles. The van der Waals surface area contributed by atoms with E-state index in [0.717, 1.165) is 15.7 Å². The fraction of sp³-hybridized carbons (Fsp3) is 0.412. The third-order valence-corrected chi connectivity index (χ3v) is 4.36. The predicted octanol–water partition coefficient (Wildman–Crippen LogP) is 4.28. The maximum atomic E-state index is 12.6. The minimum atomic E-state index is -0.0931. The average Bonchev–Trinajstić information content (AvgIpc) is 2.92. The number of rotatable bonds is 5. The van der Waals surface area contributed by atoms with Crippen molar-refractivity contribution in [2.75, 3.05) is 0 Å². The van der Waals surface area contributed by atoms with E-state index in [1.807, 2.05) is 44.2 Å². The van der Waals surface area contributed by atoms with Gasteiger partial charge in [0, 0.05) is 11.0 Å². The normalized spacial score (nSPS) is 12.5. The zero-order chi connectivity index (χ0) is 16.3. The molecule has 0 unspecified atom stereocenters. The first-order valence-corrected chi connectivity index (χ1v) is 8.36. The van der Waals surface area contributed by atoms with Crippen molar-refractivity contribution in [3.05, 3.63) is 51.8 Å². The van der Waals surface area contributed by atoms with E-state index in [1.165, 1.54) is 0 Å². The Morgan fingerprint density at radius 2 is 2.00 bits per heavy atom. The molecule has 0 aliphatic heterocycles. The van der Waals surface area contributed by atoms with E-state index < -0.39 is 0 Å². The van der Waals surface area contributed by atoms with E-state index in [0.29, 0.717) is 18.2 Å². The van der Waals surface area contributed by atoms with E-state index in [1.54, 1.807) is 4.68 Å². The second-order valence-corrected chi connectivity index (χ2v) is 6.50. The molecule has 1 atom stereocenters. The van der Waals surface area contributed by atoms with Gasteiger partial charge in [0.25, 0.3) is 5.91 Å². The largest absolute Gasteiger partial charge is 0.344 e. The molecule has 0 radical (unpaired) electrons. The standard InChI is InChI=1S/C17H22BrN3O/c1-5-21-16(10-15(20-21)11(2)3)17(22)19-12(4)13-8-6-7-9-14(13)18/h6-12H,5H2,1-4H3,(H,19,22)/t12-/m0/s1. The van der Waals surface area contributed by atoms with Crippen molar-refractivity contribution in [3.63, 3.8) is 0 Å². The van der Waals surface area contributed by atoms with Crippen molar-refractivity contribution < 1.29 is 4.79 Å². The Hall–Kier alpha value is -1.62. The molecule has 1 heterocycles. The smallest absolute Gasteiger partial charge is 0.270 e. The number of nitrogens with one attached hydrogen (secondary N) is 1. The summed E-state index contributed by atoms with van der Waals surface area (Å²) in [7, 11) is 0. The molecule has 0 bridgehead atoms. The molecule has 0 aliphatic rings. The van der Waals surface area contributed by atoms with Gasteiger partial charge in [-0.25, -0.2) is 0 Å². The molecule has 5 heteroatoms. The Morgan fingerprint density at radius 3 is 2.59 bits per heavy atom. The topological polar surface area (TPSA) is 46.9 Å². The van der Waals surface area contributed by atoms with Gasteiger partial charge in [0.1, 0.15) is 5.69 Å². The lowest BCUT2D eigenvalue weighted by molar-refractivity contribution is 0.0929. The zero-order valence-electron chi connectivity index (χ0n) is 13.4. The molecule has 4 nitrogen and oxygen atoms in total. The number of carbonyl (C=O) groups is 1. The Morgan fingerprint density at radius 1 is 1.32 bits per heavy atom. The minimum absolute atomic E-state index is 0.0780. The van der Waals surface area contributed by atoms with Crippen LogP contribution in [-0.2, 0) is 6.54 Å². The second-order valence-electron chi connectivity index (χ2n) is 5.64. The molecule has 2 rings (SSSR count). The third kappa shape index (κ3) is 3.58. The van der Waals surface area contributed by atoms with Gasteiger partial charge in [-0.05, 0) is 37.5 Å². The number of amides is 1. The number of carbonyl (C=O) groups excluding carboxylic acids is 1. The number of hydrogen-bond donors (Lipinski definition) is 1. The van der Waals surface area contributed by atoms with Crippen LogP contribution in [0.2, 0.25) is 0 Å². The number of aromatic nitrogens is 2. The summed E-state index contributed by atoms with van der Waals surface area (Å²) in [4.78, 5) is 12.6. The summed E-state index contributed by atoms with van der Waals surface area (Å²) in [5.74, 6) is 0.213. The first-order valence-electron chi connectivity index (χ1n) is 7.57. The van der Waals surface area contributed by atoms with Gasteiger partial charge in [-0.3, -0.25) is 9.48 Å². The number of halogens is 1. The maximum Gasteiger partial charge on any atom is 0.270 e. The summed E-state index contributed by atoms with van der Waals surface area (Å²) in [5.41, 5.74) is 2.62. The van der Waals surface area contributed by atoms with Gasteiger partial charge in [0.05, 0.1) is 11.7 Å². The molecule has 0 aliphatic carbocycles. The van der Waals surface area contributed by atoms with E-state index in [2.05, 4.69) is 40.2 Å². The summed E-state index contributed by atoms with van der Waals surface area (Å²) in [6.07, 6.45) is 0. The summed E-state index contributed by atoms with van der Waals surface area (Å²) >= 11 is 3.53. The van der Waals surface area contributed by atoms with Crippen LogP contribution < -0.4 is 5.32 Å². The third-order valence-electron chi connectivity index (χ3n) is 3.64. The Bertz CT molecular complexity index is 664. The van der Waals surface area contributed by atoms with Gasteiger partial charge < -0.3 is 5.32 Å².